The van der Waals surface area contributed by atoms with Crippen molar-refractivity contribution in [3.8, 4) is 0 Å². The third-order valence-electron chi connectivity index (χ3n) is 14.7. The van der Waals surface area contributed by atoms with Gasteiger partial charge in [-0.25, -0.2) is 0 Å². The molecule has 17 unspecified atom stereocenters. The molecule has 0 saturated carbocycles. The number of unbranched alkanes of at least 4 members (excludes halogenated alkanes) is 15. The molecule has 12 N–H and O–H groups in total. The Labute approximate surface area is 482 Å². The number of aliphatic hydroxyl groups is 11. The minimum atomic E-state index is -1.98. The summed E-state index contributed by atoms with van der Waals surface area (Å²) < 4.78 is 34.2. The molecular weight excluding hydrogens is 1050 g/mol. The number of carbonyl (C=O) groups is 1. The van der Waals surface area contributed by atoms with Crippen LogP contribution in [-0.2, 0) is 33.2 Å². The fraction of sp³-hybridized carbons (Fsp3) is 0.758. The van der Waals surface area contributed by atoms with Crippen LogP contribution in [0.15, 0.2) is 85.1 Å². The molecule has 1 amide bonds. The number of aliphatic hydroxyl groups excluding tert-OH is 11. The maximum atomic E-state index is 13.3. The molecule has 81 heavy (non-hydrogen) atoms. The van der Waals surface area contributed by atoms with E-state index in [1.807, 2.05) is 6.08 Å². The summed E-state index contributed by atoms with van der Waals surface area (Å²) in [6, 6.07) is -0.991. The molecule has 3 fully saturated rings. The van der Waals surface area contributed by atoms with E-state index in [0.29, 0.717) is 6.42 Å². The molecule has 0 aliphatic carbocycles. The van der Waals surface area contributed by atoms with Crippen molar-refractivity contribution in [2.45, 2.75) is 272 Å². The van der Waals surface area contributed by atoms with Crippen LogP contribution in [-0.4, -0.2) is 193 Å². The van der Waals surface area contributed by atoms with Crippen molar-refractivity contribution in [1.29, 1.82) is 0 Å². The number of nitrogens with one attached hydrogen (secondary N) is 1. The van der Waals surface area contributed by atoms with Crippen LogP contribution in [0.4, 0.5) is 0 Å². The van der Waals surface area contributed by atoms with Crippen molar-refractivity contribution in [3.63, 3.8) is 0 Å². The van der Waals surface area contributed by atoms with Gasteiger partial charge in [-0.15, -0.1) is 0 Å². The highest BCUT2D eigenvalue weighted by molar-refractivity contribution is 5.76. The Kier molecular flexibility index (Phi) is 39.6. The molecular formula is C62H105NO18. The molecule has 0 aromatic carbocycles. The molecule has 466 valence electrons. The van der Waals surface area contributed by atoms with Crippen LogP contribution in [0, 0.1) is 0 Å². The van der Waals surface area contributed by atoms with Crippen LogP contribution in [0.1, 0.15) is 168 Å². The molecule has 0 spiro atoms. The lowest BCUT2D eigenvalue weighted by Crippen LogP contribution is -2.66. The number of allylic oxidation sites excluding steroid dienone is 13. The average Bonchev–Trinajstić information content (AvgIpc) is 3.57. The average molecular weight is 1150 g/mol. The zero-order valence-corrected chi connectivity index (χ0v) is 48.5. The molecule has 17 atom stereocenters. The highest BCUT2D eigenvalue weighted by atomic mass is 16.8. The molecule has 3 saturated heterocycles. The van der Waals surface area contributed by atoms with Crippen molar-refractivity contribution in [3.05, 3.63) is 85.1 Å². The van der Waals surface area contributed by atoms with Crippen LogP contribution in [0.25, 0.3) is 0 Å². The second-order valence-electron chi connectivity index (χ2n) is 21.4. The maximum absolute atomic E-state index is 13.3. The molecule has 0 bridgehead atoms. The third kappa shape index (κ3) is 28.1. The molecule has 0 radical (unpaired) electrons. The van der Waals surface area contributed by atoms with E-state index in [1.54, 1.807) is 6.08 Å². The van der Waals surface area contributed by atoms with Crippen LogP contribution in [0.5, 0.6) is 0 Å². The first-order chi connectivity index (χ1) is 39.3. The van der Waals surface area contributed by atoms with E-state index in [2.05, 4.69) is 92.1 Å². The van der Waals surface area contributed by atoms with Gasteiger partial charge in [0.2, 0.25) is 5.91 Å². The summed E-state index contributed by atoms with van der Waals surface area (Å²) >= 11 is 0. The summed E-state index contributed by atoms with van der Waals surface area (Å²) in [5, 5.41) is 120. The Bertz CT molecular complexity index is 1810. The maximum Gasteiger partial charge on any atom is 0.220 e. The zero-order chi connectivity index (χ0) is 59.0. The van der Waals surface area contributed by atoms with E-state index in [-0.39, 0.29) is 18.9 Å². The predicted molar refractivity (Wildman–Crippen MR) is 309 cm³/mol. The van der Waals surface area contributed by atoms with Gasteiger partial charge in [0, 0.05) is 6.42 Å². The molecule has 0 aromatic rings. The van der Waals surface area contributed by atoms with E-state index in [0.717, 1.165) is 89.9 Å². The van der Waals surface area contributed by atoms with Gasteiger partial charge in [-0.05, 0) is 70.6 Å². The standard InChI is InChI=1S/C62H105NO18/c1-3-5-7-9-11-13-15-17-18-19-20-21-22-23-24-25-26-28-30-32-34-36-38-40-50(68)63-45(46(67)39-37-35-33-31-29-27-16-14-12-10-8-6-4-2)44-76-60-56(74)53(71)58(48(42-65)78-60)81-62-57(75)54(72)59(49(43-66)79-62)80-61-55(73)52(70)51(69)47(41-64)77-61/h5,7,11,13,17-18,20-21,23-24,26,28,37,39,45-49,51-62,64-67,69-75H,3-4,6,8-10,12,14-16,19,22,25,27,29-36,38,40-44H2,1-2H3,(H,63,68)/b7-5-,13-11-,18-17-,21-20-,24-23-,28-26-,39-37+. The number of hydrogen-bond donors (Lipinski definition) is 12. The topological polar surface area (TPSA) is 307 Å². The monoisotopic (exact) mass is 1150 g/mol. The normalized spacial score (nSPS) is 30.4. The highest BCUT2D eigenvalue weighted by Crippen LogP contribution is 2.33. The SMILES string of the molecule is CC/C=C\C/C=C\C/C=C\C/C=C\C/C=C\C/C=C\CCCCCCC(=O)NC(COC1OC(CO)C(OC2OC(CO)C(OC3OC(CO)C(O)C(O)C3O)C(O)C2O)C(O)C1O)C(O)/C=C/CCCCCCCCCCCCC. The molecule has 3 rings (SSSR count). The first kappa shape index (κ1) is 72.2. The van der Waals surface area contributed by atoms with Crippen molar-refractivity contribution in [2.24, 2.45) is 0 Å². The van der Waals surface area contributed by atoms with Gasteiger partial charge in [-0.3, -0.25) is 4.79 Å². The number of ether oxygens (including phenoxy) is 6. The number of amides is 1. The molecule has 19 nitrogen and oxygen atoms in total. The summed E-state index contributed by atoms with van der Waals surface area (Å²) in [5.41, 5.74) is 0. The van der Waals surface area contributed by atoms with Gasteiger partial charge >= 0.3 is 0 Å². The smallest absolute Gasteiger partial charge is 0.220 e. The highest BCUT2D eigenvalue weighted by Gasteiger charge is 2.53. The second-order valence-corrected chi connectivity index (χ2v) is 21.4. The van der Waals surface area contributed by atoms with Gasteiger partial charge < -0.3 is 89.9 Å². The van der Waals surface area contributed by atoms with Crippen LogP contribution in [0.2, 0.25) is 0 Å². The van der Waals surface area contributed by atoms with Crippen molar-refractivity contribution in [2.75, 3.05) is 26.4 Å². The number of hydrogen-bond acceptors (Lipinski definition) is 18. The van der Waals surface area contributed by atoms with Gasteiger partial charge in [0.25, 0.3) is 0 Å². The summed E-state index contributed by atoms with van der Waals surface area (Å²) in [4.78, 5) is 13.3. The van der Waals surface area contributed by atoms with Crippen LogP contribution < -0.4 is 5.32 Å². The molecule has 19 heteroatoms. The van der Waals surface area contributed by atoms with Gasteiger partial charge in [-0.2, -0.15) is 0 Å². The lowest BCUT2D eigenvalue weighted by molar-refractivity contribution is -0.379. The summed E-state index contributed by atoms with van der Waals surface area (Å²) in [6.07, 6.45) is 27.0. The first-order valence-corrected chi connectivity index (χ1v) is 30.3. The Morgan fingerprint density at radius 2 is 0.852 bits per heavy atom. The van der Waals surface area contributed by atoms with Crippen LogP contribution >= 0.6 is 0 Å². The Balaban J connectivity index is 1.50. The largest absolute Gasteiger partial charge is 0.394 e. The van der Waals surface area contributed by atoms with Crippen molar-refractivity contribution < 1.29 is 89.4 Å². The minimum absolute atomic E-state index is 0.208. The molecule has 3 heterocycles. The number of carbonyl (C=O) groups excluding carboxylic acids is 1. The van der Waals surface area contributed by atoms with Gasteiger partial charge in [-0.1, -0.05) is 176 Å². The minimum Gasteiger partial charge on any atom is -0.394 e. The Hall–Kier alpha value is -3.03. The fourth-order valence-electron chi connectivity index (χ4n) is 9.72. The van der Waals surface area contributed by atoms with E-state index < -0.39 is 124 Å². The Morgan fingerprint density at radius 1 is 0.457 bits per heavy atom. The Morgan fingerprint density at radius 3 is 1.33 bits per heavy atom. The lowest BCUT2D eigenvalue weighted by atomic mass is 9.96. The molecule has 3 aliphatic heterocycles. The predicted octanol–water partition coefficient (Wildman–Crippen LogP) is 5.59. The fourth-order valence-corrected chi connectivity index (χ4v) is 9.72. The quantitative estimate of drug-likeness (QED) is 0.0261. The molecule has 0 aromatic heterocycles. The van der Waals surface area contributed by atoms with E-state index in [4.69, 9.17) is 28.4 Å². The van der Waals surface area contributed by atoms with Crippen molar-refractivity contribution in [1.82, 2.24) is 5.32 Å². The molecule has 3 aliphatic rings. The number of rotatable bonds is 43. The third-order valence-corrected chi connectivity index (χ3v) is 14.7. The van der Waals surface area contributed by atoms with E-state index >= 15 is 0 Å². The van der Waals surface area contributed by atoms with Gasteiger partial charge in [0.1, 0.15) is 73.2 Å². The summed E-state index contributed by atoms with van der Waals surface area (Å²) in [6.45, 7) is 1.55. The zero-order valence-electron chi connectivity index (χ0n) is 48.5. The van der Waals surface area contributed by atoms with Crippen molar-refractivity contribution >= 4 is 5.91 Å². The summed E-state index contributed by atoms with van der Waals surface area (Å²) in [7, 11) is 0. The van der Waals surface area contributed by atoms with E-state index in [9.17, 15) is 61.0 Å². The van der Waals surface area contributed by atoms with Gasteiger partial charge in [0.05, 0.1) is 38.6 Å². The summed E-state index contributed by atoms with van der Waals surface area (Å²) in [5.74, 6) is -0.305. The van der Waals surface area contributed by atoms with E-state index in [1.165, 1.54) is 51.4 Å². The van der Waals surface area contributed by atoms with Crippen LogP contribution in [0.3, 0.4) is 0 Å². The lowest BCUT2D eigenvalue weighted by Gasteiger charge is -2.48. The first-order valence-electron chi connectivity index (χ1n) is 30.3. The van der Waals surface area contributed by atoms with Gasteiger partial charge in [0.15, 0.2) is 18.9 Å². The second kappa shape index (κ2) is 44.4.